The molecule has 1 heterocycles. The molecule has 1 fully saturated rings. The van der Waals surface area contributed by atoms with Gasteiger partial charge in [-0.05, 0) is 39.4 Å². The fraction of sp³-hybridized carbons (Fsp3) is 0.818. The Hall–Kier alpha value is -0.900. The van der Waals surface area contributed by atoms with E-state index in [0.29, 0.717) is 6.42 Å². The number of nitrogens with zero attached hydrogens (tertiary/aromatic N) is 1. The first-order valence-corrected chi connectivity index (χ1v) is 5.51. The zero-order valence-electron chi connectivity index (χ0n) is 9.40. The van der Waals surface area contributed by atoms with E-state index in [0.717, 1.165) is 25.9 Å². The molecule has 0 aromatic rings. The molecule has 0 spiro atoms. The molecule has 0 bridgehead atoms. The van der Waals surface area contributed by atoms with E-state index in [1.165, 1.54) is 0 Å². The van der Waals surface area contributed by atoms with Gasteiger partial charge in [0.1, 0.15) is 11.7 Å². The van der Waals surface area contributed by atoms with Gasteiger partial charge in [-0.1, -0.05) is 6.92 Å². The van der Waals surface area contributed by atoms with Crippen LogP contribution >= 0.6 is 0 Å². The zero-order chi connectivity index (χ0) is 11.4. The molecule has 0 radical (unpaired) electrons. The Morgan fingerprint density at radius 2 is 1.93 bits per heavy atom. The summed E-state index contributed by atoms with van der Waals surface area (Å²) in [5.41, 5.74) is 0. The quantitative estimate of drug-likeness (QED) is 0.708. The van der Waals surface area contributed by atoms with Crippen LogP contribution in [-0.2, 0) is 9.59 Å². The van der Waals surface area contributed by atoms with Gasteiger partial charge in [0.05, 0.1) is 0 Å². The van der Waals surface area contributed by atoms with Crippen molar-refractivity contribution in [3.05, 3.63) is 0 Å². The van der Waals surface area contributed by atoms with E-state index >= 15 is 0 Å². The third-order valence-electron chi connectivity index (χ3n) is 3.17. The third-order valence-corrected chi connectivity index (χ3v) is 3.17. The van der Waals surface area contributed by atoms with Crippen LogP contribution in [0.3, 0.4) is 0 Å². The van der Waals surface area contributed by atoms with Crippen LogP contribution in [0.15, 0.2) is 0 Å². The highest BCUT2D eigenvalue weighted by atomic mass is 16.4. The number of rotatable bonds is 4. The SMILES string of the molecule is CCC(C(=O)O)C(=O)C1CCN(C)CC1. The number of Topliss-reactive ketones (excluding diaryl/α,β-unsaturated/α-hetero) is 1. The average molecular weight is 213 g/mol. The number of carboxylic acid groups (broad SMARTS) is 1. The molecular weight excluding hydrogens is 194 g/mol. The fourth-order valence-corrected chi connectivity index (χ4v) is 2.08. The van der Waals surface area contributed by atoms with Gasteiger partial charge < -0.3 is 10.0 Å². The van der Waals surface area contributed by atoms with Gasteiger partial charge in [0.15, 0.2) is 0 Å². The molecule has 0 aromatic heterocycles. The summed E-state index contributed by atoms with van der Waals surface area (Å²) >= 11 is 0. The van der Waals surface area contributed by atoms with Gasteiger partial charge in [-0.3, -0.25) is 9.59 Å². The maximum absolute atomic E-state index is 11.9. The van der Waals surface area contributed by atoms with E-state index in [9.17, 15) is 9.59 Å². The summed E-state index contributed by atoms with van der Waals surface area (Å²) < 4.78 is 0. The number of hydrogen-bond acceptors (Lipinski definition) is 3. The Labute approximate surface area is 90.3 Å². The molecule has 1 saturated heterocycles. The summed E-state index contributed by atoms with van der Waals surface area (Å²) in [5.74, 6) is -1.87. The van der Waals surface area contributed by atoms with Gasteiger partial charge in [-0.25, -0.2) is 0 Å². The van der Waals surface area contributed by atoms with Crippen molar-refractivity contribution in [3.63, 3.8) is 0 Å². The van der Waals surface area contributed by atoms with Gasteiger partial charge in [0.25, 0.3) is 0 Å². The van der Waals surface area contributed by atoms with Gasteiger partial charge in [0, 0.05) is 5.92 Å². The maximum atomic E-state index is 11.9. The van der Waals surface area contributed by atoms with Crippen molar-refractivity contribution in [1.29, 1.82) is 0 Å². The van der Waals surface area contributed by atoms with E-state index < -0.39 is 11.9 Å². The molecule has 0 saturated carbocycles. The molecule has 15 heavy (non-hydrogen) atoms. The van der Waals surface area contributed by atoms with Crippen LogP contribution in [0.5, 0.6) is 0 Å². The number of ketones is 1. The second kappa shape index (κ2) is 5.26. The minimum Gasteiger partial charge on any atom is -0.481 e. The van der Waals surface area contributed by atoms with Crippen LogP contribution in [0.1, 0.15) is 26.2 Å². The van der Waals surface area contributed by atoms with E-state index in [2.05, 4.69) is 4.90 Å². The van der Waals surface area contributed by atoms with Crippen LogP contribution < -0.4 is 0 Å². The minimum atomic E-state index is -0.971. The molecule has 1 rings (SSSR count). The van der Waals surface area contributed by atoms with Crippen molar-refractivity contribution in [2.75, 3.05) is 20.1 Å². The zero-order valence-corrected chi connectivity index (χ0v) is 9.40. The molecule has 1 aliphatic heterocycles. The Bertz CT molecular complexity index is 244. The van der Waals surface area contributed by atoms with Crippen molar-refractivity contribution < 1.29 is 14.7 Å². The summed E-state index contributed by atoms with van der Waals surface area (Å²) in [7, 11) is 2.02. The molecule has 1 unspecified atom stereocenters. The van der Waals surface area contributed by atoms with E-state index in [4.69, 9.17) is 5.11 Å². The highest BCUT2D eigenvalue weighted by Crippen LogP contribution is 2.22. The fourth-order valence-electron chi connectivity index (χ4n) is 2.08. The Balaban J connectivity index is 2.55. The molecule has 0 aromatic carbocycles. The highest BCUT2D eigenvalue weighted by Gasteiger charge is 2.32. The van der Waals surface area contributed by atoms with Gasteiger partial charge in [-0.15, -0.1) is 0 Å². The number of carboxylic acids is 1. The summed E-state index contributed by atoms with van der Waals surface area (Å²) in [5, 5.41) is 8.90. The molecular formula is C11H19NO3. The molecule has 4 heteroatoms. The topological polar surface area (TPSA) is 57.6 Å². The largest absolute Gasteiger partial charge is 0.481 e. The van der Waals surface area contributed by atoms with E-state index in [1.54, 1.807) is 6.92 Å². The number of carbonyl (C=O) groups excluding carboxylic acids is 1. The summed E-state index contributed by atoms with van der Waals surface area (Å²) in [6.07, 6.45) is 2.01. The molecule has 0 aliphatic carbocycles. The smallest absolute Gasteiger partial charge is 0.314 e. The Morgan fingerprint density at radius 1 is 1.40 bits per heavy atom. The van der Waals surface area contributed by atoms with Gasteiger partial charge in [0.2, 0.25) is 0 Å². The van der Waals surface area contributed by atoms with Crippen molar-refractivity contribution >= 4 is 11.8 Å². The van der Waals surface area contributed by atoms with Crippen molar-refractivity contribution in [1.82, 2.24) is 4.90 Å². The third kappa shape index (κ3) is 3.02. The molecule has 86 valence electrons. The van der Waals surface area contributed by atoms with Crippen molar-refractivity contribution in [2.45, 2.75) is 26.2 Å². The molecule has 4 nitrogen and oxygen atoms in total. The van der Waals surface area contributed by atoms with Crippen LogP contribution in [0.4, 0.5) is 0 Å². The lowest BCUT2D eigenvalue weighted by atomic mass is 9.85. The lowest BCUT2D eigenvalue weighted by molar-refractivity contribution is -0.148. The molecule has 0 amide bonds. The monoisotopic (exact) mass is 213 g/mol. The lowest BCUT2D eigenvalue weighted by Crippen LogP contribution is -2.37. The first-order chi connectivity index (χ1) is 7.06. The maximum Gasteiger partial charge on any atom is 0.314 e. The summed E-state index contributed by atoms with van der Waals surface area (Å²) in [4.78, 5) is 24.9. The minimum absolute atomic E-state index is 0.0396. The number of carbonyl (C=O) groups is 2. The molecule has 1 atom stereocenters. The Kier molecular flexibility index (Phi) is 4.27. The Morgan fingerprint density at radius 3 is 2.33 bits per heavy atom. The second-order valence-electron chi connectivity index (χ2n) is 4.28. The molecule has 1 aliphatic rings. The van der Waals surface area contributed by atoms with Gasteiger partial charge >= 0.3 is 5.97 Å². The average Bonchev–Trinajstić information content (AvgIpc) is 2.19. The normalized spacial score (nSPS) is 21.2. The van der Waals surface area contributed by atoms with Crippen molar-refractivity contribution in [3.8, 4) is 0 Å². The van der Waals surface area contributed by atoms with E-state index in [-0.39, 0.29) is 11.7 Å². The predicted molar refractivity (Wildman–Crippen MR) is 56.6 cm³/mol. The first kappa shape index (κ1) is 12.2. The van der Waals surface area contributed by atoms with Crippen molar-refractivity contribution in [2.24, 2.45) is 11.8 Å². The van der Waals surface area contributed by atoms with Gasteiger partial charge in [-0.2, -0.15) is 0 Å². The first-order valence-electron chi connectivity index (χ1n) is 5.51. The number of aliphatic carboxylic acids is 1. The number of likely N-dealkylation sites (tertiary alicyclic amines) is 1. The molecule has 1 N–H and O–H groups in total. The highest BCUT2D eigenvalue weighted by molar-refractivity contribution is 5.99. The lowest BCUT2D eigenvalue weighted by Gasteiger charge is -2.29. The van der Waals surface area contributed by atoms with Crippen LogP contribution in [0.25, 0.3) is 0 Å². The standard InChI is InChI=1S/C11H19NO3/c1-3-9(11(14)15)10(13)8-4-6-12(2)7-5-8/h8-9H,3-7H2,1-2H3,(H,14,15). The van der Waals surface area contributed by atoms with Crippen LogP contribution in [0, 0.1) is 11.8 Å². The predicted octanol–water partition coefficient (Wildman–Crippen LogP) is 1.01. The summed E-state index contributed by atoms with van der Waals surface area (Å²) in [6, 6.07) is 0. The number of piperidine rings is 1. The van der Waals surface area contributed by atoms with E-state index in [1.807, 2.05) is 7.05 Å². The summed E-state index contributed by atoms with van der Waals surface area (Å²) in [6.45, 7) is 3.55. The van der Waals surface area contributed by atoms with Crippen LogP contribution in [0.2, 0.25) is 0 Å². The van der Waals surface area contributed by atoms with Crippen LogP contribution in [-0.4, -0.2) is 41.9 Å². The second-order valence-corrected chi connectivity index (χ2v) is 4.28. The number of hydrogen-bond donors (Lipinski definition) is 1.